The number of cyclic esters (lactones) is 1. The van der Waals surface area contributed by atoms with Crippen molar-refractivity contribution in [3.63, 3.8) is 0 Å². The monoisotopic (exact) mass is 420 g/mol. The third-order valence-corrected chi connectivity index (χ3v) is 6.09. The maximum atomic E-state index is 13.2. The molecule has 2 aliphatic heterocycles. The van der Waals surface area contributed by atoms with E-state index in [1.165, 1.54) is 0 Å². The van der Waals surface area contributed by atoms with Gasteiger partial charge in [0, 0.05) is 16.5 Å². The molecule has 0 spiro atoms. The molecule has 0 unspecified atom stereocenters. The lowest BCUT2D eigenvalue weighted by molar-refractivity contribution is -0.172. The van der Waals surface area contributed by atoms with Crippen LogP contribution in [0.25, 0.3) is 22.3 Å². The van der Waals surface area contributed by atoms with Gasteiger partial charge in [0.15, 0.2) is 5.60 Å². The summed E-state index contributed by atoms with van der Waals surface area (Å²) in [7, 11) is 1.55. The lowest BCUT2D eigenvalue weighted by Crippen LogP contribution is -2.44. The van der Waals surface area contributed by atoms with Crippen molar-refractivity contribution in [2.75, 3.05) is 12.4 Å². The molecule has 4 heterocycles. The Hall–Kier alpha value is -3.72. The third-order valence-electron chi connectivity index (χ3n) is 6.09. The van der Waals surface area contributed by atoms with Gasteiger partial charge in [-0.2, -0.15) is 0 Å². The Balaban J connectivity index is 1.76. The molecule has 9 heteroatoms. The first-order valence-corrected chi connectivity index (χ1v) is 9.86. The van der Waals surface area contributed by atoms with Crippen LogP contribution in [-0.4, -0.2) is 34.1 Å². The van der Waals surface area contributed by atoms with Gasteiger partial charge < -0.3 is 24.5 Å². The number of rotatable bonds is 4. The minimum absolute atomic E-state index is 0.0954. The molecule has 31 heavy (non-hydrogen) atoms. The molecule has 0 bridgehead atoms. The van der Waals surface area contributed by atoms with E-state index in [1.807, 2.05) is 12.1 Å². The van der Waals surface area contributed by atoms with Crippen LogP contribution in [0.3, 0.4) is 0 Å². The first-order chi connectivity index (χ1) is 14.9. The number of aromatic nitrogens is 2. The molecule has 3 aromatic rings. The fraction of sp³-hybridized carbons (Fsp3) is 0.273. The summed E-state index contributed by atoms with van der Waals surface area (Å²) in [6, 6.07) is 7.17. The summed E-state index contributed by atoms with van der Waals surface area (Å²) in [5.74, 6) is -0.171. The smallest absolute Gasteiger partial charge is 0.343 e. The highest BCUT2D eigenvalue weighted by Gasteiger charge is 2.45. The number of methoxy groups -OCH3 is 1. The van der Waals surface area contributed by atoms with Crippen LogP contribution in [-0.2, 0) is 28.3 Å². The van der Waals surface area contributed by atoms with Crippen molar-refractivity contribution in [2.45, 2.75) is 32.1 Å². The summed E-state index contributed by atoms with van der Waals surface area (Å²) in [6.45, 7) is 1.82. The molecule has 9 nitrogen and oxygen atoms in total. The topological polar surface area (TPSA) is 127 Å². The van der Waals surface area contributed by atoms with Crippen molar-refractivity contribution in [3.05, 3.63) is 51.3 Å². The van der Waals surface area contributed by atoms with Crippen LogP contribution in [0.4, 0.5) is 5.69 Å². The molecule has 0 saturated carbocycles. The Morgan fingerprint density at radius 2 is 2.19 bits per heavy atom. The second-order valence-corrected chi connectivity index (χ2v) is 7.60. The molecule has 0 radical (unpaired) electrons. The molecular weight excluding hydrogens is 400 g/mol. The fourth-order valence-electron chi connectivity index (χ4n) is 4.42. The van der Waals surface area contributed by atoms with Gasteiger partial charge in [-0.3, -0.25) is 10.2 Å². The molecule has 5 rings (SSSR count). The second kappa shape index (κ2) is 6.64. The Kier molecular flexibility index (Phi) is 4.13. The van der Waals surface area contributed by atoms with E-state index in [0.717, 1.165) is 17.3 Å². The SMILES string of the molecule is CC[C@@]1(O)C(=O)OCc2c1cc1n(c2=O)Cc2cc3c(NC=N)c(OC)ccc3nc2-1. The van der Waals surface area contributed by atoms with Gasteiger partial charge in [0.25, 0.3) is 5.56 Å². The summed E-state index contributed by atoms with van der Waals surface area (Å²) in [5, 5.41) is 22.0. The second-order valence-electron chi connectivity index (χ2n) is 7.60. The average Bonchev–Trinajstić information content (AvgIpc) is 3.14. The Morgan fingerprint density at radius 3 is 2.90 bits per heavy atom. The molecule has 2 aromatic heterocycles. The summed E-state index contributed by atoms with van der Waals surface area (Å²) < 4.78 is 12.1. The van der Waals surface area contributed by atoms with Crippen LogP contribution in [0.5, 0.6) is 5.75 Å². The average molecular weight is 420 g/mol. The summed E-state index contributed by atoms with van der Waals surface area (Å²) in [6.07, 6.45) is 1.17. The zero-order valence-electron chi connectivity index (χ0n) is 17.0. The van der Waals surface area contributed by atoms with Crippen LogP contribution in [0.15, 0.2) is 29.1 Å². The Labute approximate surface area is 176 Å². The van der Waals surface area contributed by atoms with Crippen molar-refractivity contribution in [2.24, 2.45) is 0 Å². The van der Waals surface area contributed by atoms with E-state index in [2.05, 4.69) is 5.32 Å². The molecule has 2 aliphatic rings. The highest BCUT2D eigenvalue weighted by Crippen LogP contribution is 2.40. The minimum atomic E-state index is -1.85. The maximum absolute atomic E-state index is 13.2. The van der Waals surface area contributed by atoms with E-state index in [0.29, 0.717) is 34.9 Å². The van der Waals surface area contributed by atoms with Gasteiger partial charge in [0.2, 0.25) is 0 Å². The molecule has 158 valence electrons. The molecule has 0 saturated heterocycles. The number of esters is 1. The van der Waals surface area contributed by atoms with Crippen molar-refractivity contribution in [1.29, 1.82) is 5.41 Å². The Morgan fingerprint density at radius 1 is 1.39 bits per heavy atom. The number of carbonyl (C=O) groups is 1. The van der Waals surface area contributed by atoms with E-state index < -0.39 is 11.6 Å². The molecule has 0 aliphatic carbocycles. The van der Waals surface area contributed by atoms with Gasteiger partial charge in [-0.25, -0.2) is 9.78 Å². The van der Waals surface area contributed by atoms with Gasteiger partial charge in [0.05, 0.1) is 48.1 Å². The first-order valence-electron chi connectivity index (χ1n) is 9.86. The number of hydrogen-bond donors (Lipinski definition) is 3. The third kappa shape index (κ3) is 2.53. The number of nitrogens with one attached hydrogen (secondary N) is 2. The minimum Gasteiger partial charge on any atom is -0.495 e. The molecule has 3 N–H and O–H groups in total. The number of carbonyl (C=O) groups excluding carboxylic acids is 1. The van der Waals surface area contributed by atoms with Crippen LogP contribution in [0, 0.1) is 5.41 Å². The van der Waals surface area contributed by atoms with Crippen molar-refractivity contribution in [1.82, 2.24) is 9.55 Å². The van der Waals surface area contributed by atoms with Crippen molar-refractivity contribution in [3.8, 4) is 17.1 Å². The zero-order chi connectivity index (χ0) is 21.9. The van der Waals surface area contributed by atoms with E-state index in [-0.39, 0.29) is 29.7 Å². The van der Waals surface area contributed by atoms with E-state index >= 15 is 0 Å². The van der Waals surface area contributed by atoms with Crippen LogP contribution in [0.1, 0.15) is 30.0 Å². The normalized spacial score (nSPS) is 18.7. The number of fused-ring (bicyclic) bond motifs is 5. The number of aliphatic hydroxyl groups is 1. The Bertz CT molecular complexity index is 1350. The first kappa shape index (κ1) is 19.3. The molecular formula is C22H20N4O5. The van der Waals surface area contributed by atoms with Gasteiger partial charge in [-0.1, -0.05) is 6.92 Å². The highest BCUT2D eigenvalue weighted by atomic mass is 16.6. The van der Waals surface area contributed by atoms with Gasteiger partial charge in [0.1, 0.15) is 12.4 Å². The number of hydrogen-bond acceptors (Lipinski definition) is 7. The van der Waals surface area contributed by atoms with E-state index in [4.69, 9.17) is 19.9 Å². The van der Waals surface area contributed by atoms with E-state index in [1.54, 1.807) is 30.7 Å². The number of ether oxygens (including phenoxy) is 2. The highest BCUT2D eigenvalue weighted by molar-refractivity contribution is 6.00. The lowest BCUT2D eigenvalue weighted by Gasteiger charge is -2.31. The predicted molar refractivity (Wildman–Crippen MR) is 113 cm³/mol. The van der Waals surface area contributed by atoms with Crippen molar-refractivity contribution < 1.29 is 19.4 Å². The van der Waals surface area contributed by atoms with Gasteiger partial charge in [-0.05, 0) is 30.7 Å². The fourth-order valence-corrected chi connectivity index (χ4v) is 4.42. The molecule has 1 atom stereocenters. The van der Waals surface area contributed by atoms with Crippen LogP contribution in [0.2, 0.25) is 0 Å². The number of anilines is 1. The molecule has 1 aromatic carbocycles. The lowest BCUT2D eigenvalue weighted by atomic mass is 9.86. The maximum Gasteiger partial charge on any atom is 0.343 e. The van der Waals surface area contributed by atoms with Crippen LogP contribution < -0.4 is 15.6 Å². The van der Waals surface area contributed by atoms with Gasteiger partial charge in [-0.15, -0.1) is 0 Å². The number of benzene rings is 1. The summed E-state index contributed by atoms with van der Waals surface area (Å²) >= 11 is 0. The standard InChI is InChI=1S/C22H20N4O5/c1-3-22(29)14-7-16-18-11(8-26(16)20(27)13(14)9-31-21(22)28)6-12-15(25-18)4-5-17(30-2)19(12)24-10-23/h4-7,10,29H,3,8-9H2,1-2H3,(H2,23,24)/t22-/m0/s1. The van der Waals surface area contributed by atoms with Crippen molar-refractivity contribution >= 4 is 28.9 Å². The largest absolute Gasteiger partial charge is 0.495 e. The van der Waals surface area contributed by atoms with Gasteiger partial charge >= 0.3 is 5.97 Å². The van der Waals surface area contributed by atoms with E-state index in [9.17, 15) is 14.7 Å². The number of pyridine rings is 2. The number of nitrogens with zero attached hydrogens (tertiary/aromatic N) is 2. The zero-order valence-corrected chi connectivity index (χ0v) is 17.0. The summed E-state index contributed by atoms with van der Waals surface area (Å²) in [5.41, 5.74) is 1.70. The van der Waals surface area contributed by atoms with Crippen LogP contribution >= 0.6 is 0 Å². The quantitative estimate of drug-likeness (QED) is 0.262. The summed E-state index contributed by atoms with van der Waals surface area (Å²) in [4.78, 5) is 30.3. The molecule has 0 amide bonds. The predicted octanol–water partition coefficient (Wildman–Crippen LogP) is 2.11. The molecule has 0 fully saturated rings.